The normalized spacial score (nSPS) is 21.4. The first kappa shape index (κ1) is 14.9. The highest BCUT2D eigenvalue weighted by atomic mass is 16.5. The van der Waals surface area contributed by atoms with E-state index in [2.05, 4.69) is 26.1 Å². The maximum Gasteiger partial charge on any atom is 0.0775 e. The third-order valence-electron chi connectivity index (χ3n) is 3.68. The number of hydrogen-bond donors (Lipinski definition) is 1. The fourth-order valence-electron chi connectivity index (χ4n) is 2.04. The summed E-state index contributed by atoms with van der Waals surface area (Å²) in [6.45, 7) is 11.4. The van der Waals surface area contributed by atoms with E-state index < -0.39 is 0 Å². The zero-order valence-electron chi connectivity index (χ0n) is 11.8. The van der Waals surface area contributed by atoms with Gasteiger partial charge in [0.2, 0.25) is 0 Å². The van der Waals surface area contributed by atoms with Crippen LogP contribution in [0.4, 0.5) is 0 Å². The molecule has 1 saturated heterocycles. The van der Waals surface area contributed by atoms with Gasteiger partial charge < -0.3 is 14.8 Å². The molecule has 1 N–H and O–H groups in total. The Balaban J connectivity index is 2.23. The Kier molecular flexibility index (Phi) is 7.09. The summed E-state index contributed by atoms with van der Waals surface area (Å²) in [5, 5.41) is 3.46. The minimum atomic E-state index is -0.00647. The van der Waals surface area contributed by atoms with Gasteiger partial charge in [-0.1, -0.05) is 13.8 Å². The van der Waals surface area contributed by atoms with Crippen molar-refractivity contribution in [3.05, 3.63) is 0 Å². The van der Waals surface area contributed by atoms with Gasteiger partial charge in [-0.05, 0) is 45.1 Å². The van der Waals surface area contributed by atoms with Crippen molar-refractivity contribution in [2.45, 2.75) is 52.1 Å². The summed E-state index contributed by atoms with van der Waals surface area (Å²) in [7, 11) is 0. The molecule has 102 valence electrons. The van der Waals surface area contributed by atoms with Crippen LogP contribution >= 0.6 is 0 Å². The quantitative estimate of drug-likeness (QED) is 0.665. The summed E-state index contributed by atoms with van der Waals surface area (Å²) in [6.07, 6.45) is 4.55. The van der Waals surface area contributed by atoms with Gasteiger partial charge in [0, 0.05) is 19.8 Å². The second kappa shape index (κ2) is 8.06. The van der Waals surface area contributed by atoms with Crippen molar-refractivity contribution in [2.24, 2.45) is 5.92 Å². The molecule has 0 bridgehead atoms. The largest absolute Gasteiger partial charge is 0.381 e. The molecule has 1 fully saturated rings. The minimum absolute atomic E-state index is 0.00647. The molecule has 1 atom stereocenters. The van der Waals surface area contributed by atoms with Crippen LogP contribution in [0.25, 0.3) is 0 Å². The number of rotatable bonds is 8. The second-order valence-electron chi connectivity index (χ2n) is 5.35. The van der Waals surface area contributed by atoms with Crippen molar-refractivity contribution < 1.29 is 9.47 Å². The maximum atomic E-state index is 6.15. The van der Waals surface area contributed by atoms with Crippen molar-refractivity contribution >= 4 is 0 Å². The molecule has 17 heavy (non-hydrogen) atoms. The summed E-state index contributed by atoms with van der Waals surface area (Å²) in [4.78, 5) is 0. The van der Waals surface area contributed by atoms with E-state index in [0.29, 0.717) is 5.92 Å². The van der Waals surface area contributed by atoms with E-state index in [-0.39, 0.29) is 5.60 Å². The number of nitrogens with one attached hydrogen (secondary N) is 1. The van der Waals surface area contributed by atoms with Gasteiger partial charge in [0.25, 0.3) is 0 Å². The summed E-state index contributed by atoms with van der Waals surface area (Å²) in [5.74, 6) is 0.695. The standard InChI is InChI=1S/C14H29NO2/c1-4-8-15-12-14(3,5-2)17-11-13-6-9-16-10-7-13/h13,15H,4-12H2,1-3H3. The smallest absolute Gasteiger partial charge is 0.0775 e. The average Bonchev–Trinajstić information content (AvgIpc) is 2.38. The zero-order valence-corrected chi connectivity index (χ0v) is 11.8. The molecule has 3 nitrogen and oxygen atoms in total. The van der Waals surface area contributed by atoms with Crippen LogP contribution < -0.4 is 5.32 Å². The van der Waals surface area contributed by atoms with Crippen molar-refractivity contribution in [3.63, 3.8) is 0 Å². The van der Waals surface area contributed by atoms with Gasteiger partial charge in [-0.2, -0.15) is 0 Å². The minimum Gasteiger partial charge on any atom is -0.381 e. The predicted octanol–water partition coefficient (Wildman–Crippen LogP) is 2.60. The lowest BCUT2D eigenvalue weighted by molar-refractivity contribution is -0.0659. The highest BCUT2D eigenvalue weighted by Crippen LogP contribution is 2.20. The SMILES string of the molecule is CCCNCC(C)(CC)OCC1CCOCC1. The first-order valence-electron chi connectivity index (χ1n) is 7.12. The molecule has 1 aliphatic rings. The zero-order chi connectivity index (χ0) is 12.6. The van der Waals surface area contributed by atoms with E-state index in [4.69, 9.17) is 9.47 Å². The van der Waals surface area contributed by atoms with Gasteiger partial charge in [0.15, 0.2) is 0 Å². The van der Waals surface area contributed by atoms with Gasteiger partial charge in [0.05, 0.1) is 12.2 Å². The molecular weight excluding hydrogens is 214 g/mol. The van der Waals surface area contributed by atoms with Crippen molar-refractivity contribution in [1.29, 1.82) is 0 Å². The Morgan fingerprint density at radius 3 is 2.59 bits per heavy atom. The molecule has 0 spiro atoms. The van der Waals surface area contributed by atoms with Crippen LogP contribution in [0.15, 0.2) is 0 Å². The number of hydrogen-bond acceptors (Lipinski definition) is 3. The first-order chi connectivity index (χ1) is 8.20. The van der Waals surface area contributed by atoms with Gasteiger partial charge in [0.1, 0.15) is 0 Å². The fourth-order valence-corrected chi connectivity index (χ4v) is 2.04. The number of ether oxygens (including phenoxy) is 2. The third-order valence-corrected chi connectivity index (χ3v) is 3.68. The first-order valence-corrected chi connectivity index (χ1v) is 7.12. The monoisotopic (exact) mass is 243 g/mol. The molecule has 1 aliphatic heterocycles. The molecule has 0 amide bonds. The molecule has 0 aromatic rings. The van der Waals surface area contributed by atoms with Gasteiger partial charge in [-0.15, -0.1) is 0 Å². The summed E-state index contributed by atoms with van der Waals surface area (Å²) in [6, 6.07) is 0. The topological polar surface area (TPSA) is 30.5 Å². The Hall–Kier alpha value is -0.120. The summed E-state index contributed by atoms with van der Waals surface area (Å²) < 4.78 is 11.5. The van der Waals surface area contributed by atoms with E-state index in [1.54, 1.807) is 0 Å². The maximum absolute atomic E-state index is 6.15. The highest BCUT2D eigenvalue weighted by molar-refractivity contribution is 4.77. The Morgan fingerprint density at radius 1 is 1.29 bits per heavy atom. The van der Waals surface area contributed by atoms with Gasteiger partial charge in [-0.25, -0.2) is 0 Å². The lowest BCUT2D eigenvalue weighted by Crippen LogP contribution is -2.41. The van der Waals surface area contributed by atoms with Crippen LogP contribution in [0.1, 0.15) is 46.5 Å². The third kappa shape index (κ3) is 5.84. The molecule has 0 aromatic heterocycles. The molecule has 0 radical (unpaired) electrons. The van der Waals surface area contributed by atoms with Crippen LogP contribution in [0.5, 0.6) is 0 Å². The van der Waals surface area contributed by atoms with Crippen LogP contribution in [0.3, 0.4) is 0 Å². The van der Waals surface area contributed by atoms with Crippen LogP contribution in [-0.2, 0) is 9.47 Å². The van der Waals surface area contributed by atoms with Crippen LogP contribution in [0.2, 0.25) is 0 Å². The van der Waals surface area contributed by atoms with Gasteiger partial charge >= 0.3 is 0 Å². The molecule has 1 rings (SSSR count). The van der Waals surface area contributed by atoms with Gasteiger partial charge in [-0.3, -0.25) is 0 Å². The average molecular weight is 243 g/mol. The summed E-state index contributed by atoms with van der Waals surface area (Å²) in [5.41, 5.74) is -0.00647. The molecule has 1 unspecified atom stereocenters. The lowest BCUT2D eigenvalue weighted by Gasteiger charge is -2.32. The van der Waals surface area contributed by atoms with Crippen molar-refractivity contribution in [3.8, 4) is 0 Å². The highest BCUT2D eigenvalue weighted by Gasteiger charge is 2.24. The lowest BCUT2D eigenvalue weighted by atomic mass is 9.99. The molecule has 1 heterocycles. The Bertz CT molecular complexity index is 193. The van der Waals surface area contributed by atoms with E-state index in [0.717, 1.165) is 52.2 Å². The molecule has 0 saturated carbocycles. The molecule has 0 aliphatic carbocycles. The van der Waals surface area contributed by atoms with E-state index in [1.807, 2.05) is 0 Å². The fraction of sp³-hybridized carbons (Fsp3) is 1.00. The predicted molar refractivity (Wildman–Crippen MR) is 71.4 cm³/mol. The van der Waals surface area contributed by atoms with Crippen LogP contribution in [0, 0.1) is 5.92 Å². The Morgan fingerprint density at radius 2 is 2.00 bits per heavy atom. The Labute approximate surface area is 106 Å². The second-order valence-corrected chi connectivity index (χ2v) is 5.35. The van der Waals surface area contributed by atoms with E-state index in [1.165, 1.54) is 6.42 Å². The molecule has 3 heteroatoms. The molecule has 0 aromatic carbocycles. The van der Waals surface area contributed by atoms with Crippen LogP contribution in [-0.4, -0.2) is 38.5 Å². The molecular formula is C14H29NO2. The summed E-state index contributed by atoms with van der Waals surface area (Å²) >= 11 is 0. The van der Waals surface area contributed by atoms with Crippen molar-refractivity contribution in [1.82, 2.24) is 5.32 Å². The van der Waals surface area contributed by atoms with E-state index in [9.17, 15) is 0 Å². The van der Waals surface area contributed by atoms with E-state index >= 15 is 0 Å². The van der Waals surface area contributed by atoms with Crippen molar-refractivity contribution in [2.75, 3.05) is 32.9 Å².